The van der Waals surface area contributed by atoms with Gasteiger partial charge in [0, 0.05) is 18.2 Å². The quantitative estimate of drug-likeness (QED) is 0.166. The minimum atomic E-state index is -5.00. The molecule has 3 aromatic rings. The van der Waals surface area contributed by atoms with E-state index in [4.69, 9.17) is 33.3 Å². The number of nitrogens with zero attached hydrogens (tertiary/aromatic N) is 4. The minimum absolute atomic E-state index is 0.0977. The SMILES string of the molecule is Cc1cn([C@H]2C[C@@H]3OP(=O)(O)OC[C@H]4O[C@@H](n5cnc6c(=O)[nH]c(N)nc65)[C@H](O)[C@@H]4OP(=O)(O)OC[C@H]3O2)c(=O)[nH]c1=O. The van der Waals surface area contributed by atoms with Crippen molar-refractivity contribution in [1.82, 2.24) is 29.1 Å². The van der Waals surface area contributed by atoms with Gasteiger partial charge in [-0.3, -0.25) is 46.8 Å². The third-order valence-electron chi connectivity index (χ3n) is 7.00. The van der Waals surface area contributed by atoms with Gasteiger partial charge in [0.25, 0.3) is 11.1 Å². The molecular formula is C20H25N7O14P2. The lowest BCUT2D eigenvalue weighted by Crippen LogP contribution is -2.37. The molecular weight excluding hydrogens is 624 g/mol. The Labute approximate surface area is 238 Å². The molecule has 3 aliphatic heterocycles. The highest BCUT2D eigenvalue weighted by Gasteiger charge is 2.52. The van der Waals surface area contributed by atoms with Gasteiger partial charge in [0.05, 0.1) is 19.5 Å². The van der Waals surface area contributed by atoms with Crippen molar-refractivity contribution in [3.05, 3.63) is 49.3 Å². The highest BCUT2D eigenvalue weighted by atomic mass is 31.2. The Bertz CT molecular complexity index is 1840. The molecule has 3 aliphatic rings. The molecule has 2 unspecified atom stereocenters. The number of aromatic nitrogens is 6. The van der Waals surface area contributed by atoms with Crippen molar-refractivity contribution in [3.8, 4) is 0 Å². The summed E-state index contributed by atoms with van der Waals surface area (Å²) in [5.74, 6) is -0.264. The average molecular weight is 649 g/mol. The molecule has 9 atom stereocenters. The average Bonchev–Trinajstić information content (AvgIpc) is 3.59. The van der Waals surface area contributed by atoms with Gasteiger partial charge >= 0.3 is 21.3 Å². The summed E-state index contributed by atoms with van der Waals surface area (Å²) in [6, 6.07) is 0. The van der Waals surface area contributed by atoms with Crippen LogP contribution >= 0.6 is 15.6 Å². The van der Waals surface area contributed by atoms with Crippen LogP contribution in [0.5, 0.6) is 0 Å². The predicted octanol–water partition coefficient (Wildman–Crippen LogP) is -1.88. The number of ether oxygens (including phenoxy) is 2. The summed E-state index contributed by atoms with van der Waals surface area (Å²) >= 11 is 0. The standard InChI is InChI=1S/C20H25N7O14P2/c1-7-3-26(20(31)25-16(7)29)11-2-8-9(38-11)4-36-43(34,35)41-14-10(5-37-42(32,33)40-8)39-18(13(14)28)27-6-22-12-15(27)23-19(21)24-17(12)30/h3,6,8-11,13-14,18,28H,2,4-5H2,1H3,(H,32,33)(H,34,35)(H,25,29,31)(H3,21,23,24,30)/t8-,9+,10+,11+,13+,14+,18+/m0/s1. The van der Waals surface area contributed by atoms with Crippen LogP contribution in [0.2, 0.25) is 0 Å². The maximum absolute atomic E-state index is 13.0. The van der Waals surface area contributed by atoms with E-state index in [-0.39, 0.29) is 29.1 Å². The van der Waals surface area contributed by atoms with Crippen LogP contribution in [0.25, 0.3) is 11.2 Å². The Hall–Kier alpha value is -3.07. The number of aryl methyl sites for hydroxylation is 1. The van der Waals surface area contributed by atoms with Gasteiger partial charge in [-0.15, -0.1) is 0 Å². The molecule has 6 rings (SSSR count). The van der Waals surface area contributed by atoms with E-state index in [0.717, 1.165) is 15.5 Å². The van der Waals surface area contributed by atoms with Crippen LogP contribution in [0.4, 0.5) is 5.95 Å². The maximum Gasteiger partial charge on any atom is 0.472 e. The Morgan fingerprint density at radius 2 is 1.67 bits per heavy atom. The molecule has 0 saturated carbocycles. The summed E-state index contributed by atoms with van der Waals surface area (Å²) < 4.78 is 60.3. The molecule has 21 nitrogen and oxygen atoms in total. The lowest BCUT2D eigenvalue weighted by atomic mass is 10.1. The molecule has 6 heterocycles. The zero-order valence-corrected chi connectivity index (χ0v) is 23.7. The normalized spacial score (nSPS) is 37.0. The van der Waals surface area contributed by atoms with Crippen LogP contribution in [-0.2, 0) is 36.7 Å². The van der Waals surface area contributed by atoms with Gasteiger partial charge in [0.1, 0.15) is 36.7 Å². The first-order valence-corrected chi connectivity index (χ1v) is 15.6. The molecule has 3 aromatic heterocycles. The van der Waals surface area contributed by atoms with Gasteiger partial charge in [-0.25, -0.2) is 18.9 Å². The number of fused-ring (bicyclic) bond motifs is 3. The molecule has 3 saturated heterocycles. The van der Waals surface area contributed by atoms with Crippen LogP contribution in [0, 0.1) is 6.92 Å². The second-order valence-corrected chi connectivity index (χ2v) is 12.7. The molecule has 0 radical (unpaired) electrons. The van der Waals surface area contributed by atoms with Gasteiger partial charge < -0.3 is 30.1 Å². The van der Waals surface area contributed by atoms with Gasteiger partial charge in [-0.05, 0) is 6.92 Å². The molecule has 7 N–H and O–H groups in total. The first kappa shape index (κ1) is 30.0. The Balaban J connectivity index is 1.27. The van der Waals surface area contributed by atoms with E-state index in [9.17, 15) is 38.4 Å². The van der Waals surface area contributed by atoms with Crippen molar-refractivity contribution in [2.75, 3.05) is 18.9 Å². The van der Waals surface area contributed by atoms with Gasteiger partial charge in [0.2, 0.25) is 5.95 Å². The maximum atomic E-state index is 13.0. The van der Waals surface area contributed by atoms with E-state index >= 15 is 0 Å². The topological polar surface area (TPSA) is 295 Å². The summed E-state index contributed by atoms with van der Waals surface area (Å²) in [6.07, 6.45) is -7.97. The van der Waals surface area contributed by atoms with E-state index in [2.05, 4.69) is 19.9 Å². The molecule has 3 fully saturated rings. The molecule has 0 aliphatic carbocycles. The van der Waals surface area contributed by atoms with Crippen molar-refractivity contribution in [3.63, 3.8) is 0 Å². The number of phosphoric ester groups is 2. The smallest absolute Gasteiger partial charge is 0.386 e. The van der Waals surface area contributed by atoms with Gasteiger partial charge in [-0.1, -0.05) is 0 Å². The number of hydrogen-bond donors (Lipinski definition) is 6. The van der Waals surface area contributed by atoms with Gasteiger partial charge in [0.15, 0.2) is 17.4 Å². The van der Waals surface area contributed by atoms with E-state index in [1.165, 1.54) is 13.1 Å². The fourth-order valence-electron chi connectivity index (χ4n) is 5.00. The largest absolute Gasteiger partial charge is 0.472 e. The second-order valence-electron chi connectivity index (χ2n) is 9.92. The van der Waals surface area contributed by atoms with Gasteiger partial charge in [-0.2, -0.15) is 4.98 Å². The molecule has 23 heteroatoms. The Morgan fingerprint density at radius 3 is 2.42 bits per heavy atom. The van der Waals surface area contributed by atoms with Crippen molar-refractivity contribution >= 4 is 32.8 Å². The lowest BCUT2D eigenvalue weighted by Gasteiger charge is -2.27. The summed E-state index contributed by atoms with van der Waals surface area (Å²) in [7, 11) is -9.92. The second kappa shape index (κ2) is 10.8. The first-order valence-electron chi connectivity index (χ1n) is 12.6. The van der Waals surface area contributed by atoms with Crippen molar-refractivity contribution in [2.24, 2.45) is 0 Å². The monoisotopic (exact) mass is 649 g/mol. The van der Waals surface area contributed by atoms with E-state index < -0.39 is 88.6 Å². The molecule has 0 aromatic carbocycles. The van der Waals surface area contributed by atoms with Crippen LogP contribution < -0.4 is 22.5 Å². The number of rotatable bonds is 2. The number of nitrogen functional groups attached to an aromatic ring is 1. The molecule has 0 bridgehead atoms. The lowest BCUT2D eigenvalue weighted by molar-refractivity contribution is -0.0671. The number of aliphatic hydroxyl groups excluding tert-OH is 1. The summed E-state index contributed by atoms with van der Waals surface area (Å²) in [5.41, 5.74) is 3.41. The number of aliphatic hydroxyl groups is 1. The molecule has 0 spiro atoms. The van der Waals surface area contributed by atoms with E-state index in [0.29, 0.717) is 0 Å². The first-order chi connectivity index (χ1) is 20.2. The number of H-pyrrole nitrogens is 2. The zero-order chi connectivity index (χ0) is 30.8. The third kappa shape index (κ3) is 5.77. The highest BCUT2D eigenvalue weighted by Crippen LogP contribution is 2.53. The van der Waals surface area contributed by atoms with Crippen LogP contribution in [0.15, 0.2) is 26.9 Å². The van der Waals surface area contributed by atoms with E-state index in [1.54, 1.807) is 0 Å². The molecule has 234 valence electrons. The van der Waals surface area contributed by atoms with Crippen molar-refractivity contribution in [1.29, 1.82) is 0 Å². The number of anilines is 1. The Morgan fingerprint density at radius 1 is 0.977 bits per heavy atom. The zero-order valence-electron chi connectivity index (χ0n) is 21.9. The summed E-state index contributed by atoms with van der Waals surface area (Å²) in [4.78, 5) is 69.6. The molecule has 0 amide bonds. The van der Waals surface area contributed by atoms with Crippen molar-refractivity contribution in [2.45, 2.75) is 56.3 Å². The summed E-state index contributed by atoms with van der Waals surface area (Å²) in [5, 5.41) is 11.1. The Kier molecular flexibility index (Phi) is 7.55. The van der Waals surface area contributed by atoms with Crippen LogP contribution in [-0.4, -0.2) is 87.7 Å². The fourth-order valence-corrected chi connectivity index (χ4v) is 6.92. The minimum Gasteiger partial charge on any atom is -0.386 e. The fraction of sp³-hybridized carbons (Fsp3) is 0.550. The number of hydrogen-bond acceptors (Lipinski definition) is 15. The number of nitrogens with one attached hydrogen (secondary N) is 2. The van der Waals surface area contributed by atoms with E-state index in [1.807, 2.05) is 0 Å². The third-order valence-corrected chi connectivity index (χ3v) is 9.00. The van der Waals surface area contributed by atoms with Crippen LogP contribution in [0.1, 0.15) is 24.4 Å². The number of aromatic amines is 2. The number of phosphoric acid groups is 2. The summed E-state index contributed by atoms with van der Waals surface area (Å²) in [6.45, 7) is -0.0846. The van der Waals surface area contributed by atoms with Crippen LogP contribution in [0.3, 0.4) is 0 Å². The number of nitrogens with two attached hydrogens (primary N) is 1. The predicted molar refractivity (Wildman–Crippen MR) is 138 cm³/mol. The van der Waals surface area contributed by atoms with Crippen molar-refractivity contribution < 1.29 is 51.6 Å². The molecule has 43 heavy (non-hydrogen) atoms. The highest BCUT2D eigenvalue weighted by molar-refractivity contribution is 7.47. The number of imidazole rings is 1.